The Morgan fingerprint density at radius 1 is 1.21 bits per heavy atom. The Morgan fingerprint density at radius 3 is 2.64 bits per heavy atom. The number of nitrogen functional groups attached to an aromatic ring is 1. The average Bonchev–Trinajstić information content (AvgIpc) is 3.28. The number of carbonyl (C=O) groups excluding carboxylic acids is 1. The van der Waals surface area contributed by atoms with Crippen LogP contribution in [-0.2, 0) is 35.4 Å². The van der Waals surface area contributed by atoms with E-state index in [1.54, 1.807) is 25.1 Å². The first-order valence-electron chi connectivity index (χ1n) is 10.2. The second-order valence-electron chi connectivity index (χ2n) is 7.82. The molecule has 2 aromatic heterocycles. The van der Waals surface area contributed by atoms with Crippen LogP contribution in [0.25, 0.3) is 10.9 Å². The predicted molar refractivity (Wildman–Crippen MR) is 113 cm³/mol. The van der Waals surface area contributed by atoms with Crippen LogP contribution >= 0.6 is 0 Å². The number of amides is 1. The Morgan fingerprint density at radius 2 is 1.97 bits per heavy atom. The molecule has 4 rings (SSSR count). The monoisotopic (exact) mass is 461 g/mol. The molecule has 174 valence electrons. The van der Waals surface area contributed by atoms with E-state index in [2.05, 4.69) is 15.2 Å². The number of aromatic nitrogens is 3. The Kier molecular flexibility index (Phi) is 6.17. The Balaban J connectivity index is 1.67. The predicted octanol–water partition coefficient (Wildman–Crippen LogP) is 3.33. The first kappa shape index (κ1) is 22.9. The second kappa shape index (κ2) is 8.91. The van der Waals surface area contributed by atoms with Gasteiger partial charge in [-0.15, -0.1) is 5.10 Å². The van der Waals surface area contributed by atoms with Gasteiger partial charge in [-0.3, -0.25) is 4.79 Å². The highest BCUT2D eigenvalue weighted by Crippen LogP contribution is 2.32. The largest absolute Gasteiger partial charge is 0.435 e. The van der Waals surface area contributed by atoms with Crippen molar-refractivity contribution in [2.75, 3.05) is 19.5 Å². The van der Waals surface area contributed by atoms with Crippen LogP contribution in [0.1, 0.15) is 39.8 Å². The number of benzene rings is 1. The van der Waals surface area contributed by atoms with E-state index in [-0.39, 0.29) is 30.8 Å². The fourth-order valence-electron chi connectivity index (χ4n) is 3.80. The molecule has 0 saturated carbocycles. The van der Waals surface area contributed by atoms with Gasteiger partial charge in [0.1, 0.15) is 5.82 Å². The maximum Gasteiger partial charge on any atom is 0.435 e. The zero-order valence-corrected chi connectivity index (χ0v) is 18.0. The summed E-state index contributed by atoms with van der Waals surface area (Å²) in [4.78, 5) is 19.4. The molecule has 3 aromatic rings. The van der Waals surface area contributed by atoms with Crippen molar-refractivity contribution >= 4 is 22.6 Å². The molecule has 1 atom stereocenters. The molecule has 0 spiro atoms. The first-order chi connectivity index (χ1) is 15.7. The molecule has 33 heavy (non-hydrogen) atoms. The minimum Gasteiger partial charge on any atom is -0.383 e. The molecule has 0 fully saturated rings. The summed E-state index contributed by atoms with van der Waals surface area (Å²) in [6.07, 6.45) is -4.59. The number of methoxy groups -OCH3 is 1. The number of anilines is 1. The number of nitrogens with two attached hydrogens (primary N) is 1. The van der Waals surface area contributed by atoms with Crippen LogP contribution in [-0.4, -0.2) is 45.7 Å². The van der Waals surface area contributed by atoms with Crippen molar-refractivity contribution in [1.82, 2.24) is 20.1 Å². The molecule has 0 radical (unpaired) electrons. The van der Waals surface area contributed by atoms with Crippen molar-refractivity contribution in [3.05, 3.63) is 58.4 Å². The smallest absolute Gasteiger partial charge is 0.383 e. The number of nitrogens with zero attached hydrogens (tertiary/aromatic N) is 4. The highest BCUT2D eigenvalue weighted by atomic mass is 19.4. The van der Waals surface area contributed by atoms with E-state index in [1.807, 2.05) is 0 Å². The van der Waals surface area contributed by atoms with Crippen LogP contribution in [0.15, 0.2) is 30.3 Å². The van der Waals surface area contributed by atoms with E-state index in [0.717, 1.165) is 22.6 Å². The van der Waals surface area contributed by atoms with Gasteiger partial charge in [-0.2, -0.15) is 18.3 Å². The van der Waals surface area contributed by atoms with Gasteiger partial charge in [-0.25, -0.2) is 4.98 Å². The van der Waals surface area contributed by atoms with Crippen LogP contribution in [0.5, 0.6) is 0 Å². The summed E-state index contributed by atoms with van der Waals surface area (Å²) in [6.45, 7) is 2.73. The van der Waals surface area contributed by atoms with E-state index in [0.29, 0.717) is 30.1 Å². The third-order valence-electron chi connectivity index (χ3n) is 5.52. The number of ether oxygens (including phenoxy) is 2. The van der Waals surface area contributed by atoms with Crippen LogP contribution in [0.2, 0.25) is 0 Å². The highest BCUT2D eigenvalue weighted by Gasteiger charge is 2.33. The van der Waals surface area contributed by atoms with Gasteiger partial charge in [-0.05, 0) is 42.8 Å². The van der Waals surface area contributed by atoms with Gasteiger partial charge in [0.25, 0.3) is 5.91 Å². The lowest BCUT2D eigenvalue weighted by Gasteiger charge is -2.29. The maximum absolute atomic E-state index is 13.5. The number of halogens is 3. The van der Waals surface area contributed by atoms with Crippen molar-refractivity contribution in [3.8, 4) is 0 Å². The summed E-state index contributed by atoms with van der Waals surface area (Å²) < 4.78 is 49.1. The number of pyridine rings is 1. The number of hydrogen-bond donors (Lipinski definition) is 1. The molecule has 3 heterocycles. The number of hydrogen-bond acceptors (Lipinski definition) is 7. The quantitative estimate of drug-likeness (QED) is 0.601. The summed E-state index contributed by atoms with van der Waals surface area (Å²) >= 11 is 0. The SMILES string of the molecule is COC[C@H](C)N(Cc1ccc(C(F)(F)F)nn1)C(=O)c1ccc2nc(N)c3c(c2c1)COC3. The van der Waals surface area contributed by atoms with Crippen LogP contribution in [0.3, 0.4) is 0 Å². The standard InChI is InChI=1S/C22H22F3N5O3/c1-12(9-32-2)30(8-14-4-6-19(29-28-14)22(23,24)25)21(31)13-3-5-18-15(7-13)16-10-33-11-17(16)20(26)27-18/h3-7,12H,8-11H2,1-2H3,(H2,26,27)/t12-/m0/s1. The summed E-state index contributed by atoms with van der Waals surface area (Å²) in [7, 11) is 1.51. The molecule has 0 aliphatic carbocycles. The fourth-order valence-corrected chi connectivity index (χ4v) is 3.80. The van der Waals surface area contributed by atoms with Crippen molar-refractivity contribution < 1.29 is 27.4 Å². The molecular formula is C22H22F3N5O3. The zero-order valence-electron chi connectivity index (χ0n) is 18.0. The number of alkyl halides is 3. The van der Waals surface area contributed by atoms with Crippen LogP contribution in [0.4, 0.5) is 19.0 Å². The molecule has 0 bridgehead atoms. The van der Waals surface area contributed by atoms with Crippen molar-refractivity contribution in [1.29, 1.82) is 0 Å². The molecule has 11 heteroatoms. The van der Waals surface area contributed by atoms with Crippen molar-refractivity contribution in [2.45, 2.75) is 38.9 Å². The summed E-state index contributed by atoms with van der Waals surface area (Å²) in [5.41, 5.74) is 7.91. The van der Waals surface area contributed by atoms with E-state index < -0.39 is 11.9 Å². The summed E-state index contributed by atoms with van der Waals surface area (Å²) in [6, 6.07) is 6.79. The van der Waals surface area contributed by atoms with Crippen LogP contribution < -0.4 is 5.73 Å². The third-order valence-corrected chi connectivity index (χ3v) is 5.52. The van der Waals surface area contributed by atoms with Gasteiger partial charge in [0.2, 0.25) is 0 Å². The molecular weight excluding hydrogens is 439 g/mol. The Labute approximate surface area is 187 Å². The van der Waals surface area contributed by atoms with E-state index >= 15 is 0 Å². The van der Waals surface area contributed by atoms with Gasteiger partial charge in [0.15, 0.2) is 5.69 Å². The number of fused-ring (bicyclic) bond motifs is 3. The van der Waals surface area contributed by atoms with Gasteiger partial charge in [0.05, 0.1) is 43.6 Å². The molecule has 1 aliphatic rings. The molecule has 0 saturated heterocycles. The van der Waals surface area contributed by atoms with E-state index in [4.69, 9.17) is 15.2 Å². The normalized spacial score (nSPS) is 14.3. The van der Waals surface area contributed by atoms with Gasteiger partial charge in [0, 0.05) is 23.6 Å². The number of carbonyl (C=O) groups is 1. The van der Waals surface area contributed by atoms with E-state index in [9.17, 15) is 18.0 Å². The third kappa shape index (κ3) is 4.60. The van der Waals surface area contributed by atoms with E-state index in [1.165, 1.54) is 18.1 Å². The molecule has 0 unspecified atom stereocenters. The topological polar surface area (TPSA) is 103 Å². The minimum atomic E-state index is -4.59. The summed E-state index contributed by atoms with van der Waals surface area (Å²) in [5.74, 6) is 0.0814. The lowest BCUT2D eigenvalue weighted by molar-refractivity contribution is -0.141. The Hall–Kier alpha value is -3.31. The van der Waals surface area contributed by atoms with Gasteiger partial charge in [-0.1, -0.05) is 0 Å². The number of rotatable bonds is 6. The average molecular weight is 461 g/mol. The molecule has 8 nitrogen and oxygen atoms in total. The van der Waals surface area contributed by atoms with Gasteiger partial charge >= 0.3 is 6.18 Å². The fraction of sp³-hybridized carbons (Fsp3) is 0.364. The first-order valence-corrected chi connectivity index (χ1v) is 10.2. The van der Waals surface area contributed by atoms with Crippen LogP contribution in [0, 0.1) is 0 Å². The minimum absolute atomic E-state index is 0.0340. The lowest BCUT2D eigenvalue weighted by atomic mass is 10.0. The lowest BCUT2D eigenvalue weighted by Crippen LogP contribution is -2.40. The highest BCUT2D eigenvalue weighted by molar-refractivity contribution is 5.99. The molecule has 1 aliphatic heterocycles. The second-order valence-corrected chi connectivity index (χ2v) is 7.82. The van der Waals surface area contributed by atoms with Crippen molar-refractivity contribution in [2.24, 2.45) is 0 Å². The maximum atomic E-state index is 13.5. The van der Waals surface area contributed by atoms with Crippen molar-refractivity contribution in [3.63, 3.8) is 0 Å². The molecule has 2 N–H and O–H groups in total. The molecule has 1 amide bonds. The molecule has 1 aromatic carbocycles. The van der Waals surface area contributed by atoms with Gasteiger partial charge < -0.3 is 20.1 Å². The Bertz CT molecular complexity index is 1180. The summed E-state index contributed by atoms with van der Waals surface area (Å²) in [5, 5.41) is 7.69. The zero-order chi connectivity index (χ0) is 23.8.